The molecular weight excluding hydrogens is 456 g/mol. The maximum absolute atomic E-state index is 13.3. The maximum atomic E-state index is 13.3. The highest BCUT2D eigenvalue weighted by Gasteiger charge is 2.27. The molecule has 3 aromatic carbocycles. The summed E-state index contributed by atoms with van der Waals surface area (Å²) >= 11 is 0. The Balaban J connectivity index is 1.80. The average Bonchev–Trinajstić information content (AvgIpc) is 2.83. The summed E-state index contributed by atoms with van der Waals surface area (Å²) in [6, 6.07) is 20.5. The molecule has 0 bridgehead atoms. The van der Waals surface area contributed by atoms with Gasteiger partial charge in [-0.1, -0.05) is 44.2 Å². The van der Waals surface area contributed by atoms with Crippen molar-refractivity contribution in [2.24, 2.45) is 5.10 Å². The van der Waals surface area contributed by atoms with Gasteiger partial charge in [0.15, 0.2) is 0 Å². The van der Waals surface area contributed by atoms with Gasteiger partial charge in [0.25, 0.3) is 21.6 Å². The highest BCUT2D eigenvalue weighted by molar-refractivity contribution is 7.92. The van der Waals surface area contributed by atoms with Gasteiger partial charge in [-0.05, 0) is 53.4 Å². The third-order valence-electron chi connectivity index (χ3n) is 4.97. The maximum Gasteiger partial charge on any atom is 0.269 e. The largest absolute Gasteiger partial charge is 0.271 e. The van der Waals surface area contributed by atoms with Crippen molar-refractivity contribution in [3.8, 4) is 0 Å². The highest BCUT2D eigenvalue weighted by Crippen LogP contribution is 2.25. The summed E-state index contributed by atoms with van der Waals surface area (Å²) in [5.74, 6) is -0.379. The summed E-state index contributed by atoms with van der Waals surface area (Å²) < 4.78 is 27.7. The van der Waals surface area contributed by atoms with Gasteiger partial charge in [0.2, 0.25) is 0 Å². The second-order valence-corrected chi connectivity index (χ2v) is 9.58. The van der Waals surface area contributed by atoms with Gasteiger partial charge in [-0.3, -0.25) is 19.2 Å². The van der Waals surface area contributed by atoms with Crippen LogP contribution in [-0.4, -0.2) is 32.0 Å². The number of hydrogen-bond donors (Lipinski definition) is 1. The smallest absolute Gasteiger partial charge is 0.269 e. The fourth-order valence-corrected chi connectivity index (χ4v) is 4.53. The monoisotopic (exact) mass is 480 g/mol. The second-order valence-electron chi connectivity index (χ2n) is 7.71. The van der Waals surface area contributed by atoms with Crippen LogP contribution >= 0.6 is 0 Å². The Bertz CT molecular complexity index is 1270. The highest BCUT2D eigenvalue weighted by atomic mass is 32.2. The molecule has 9 nitrogen and oxygen atoms in total. The average molecular weight is 481 g/mol. The number of non-ortho nitro benzene ring substituents is 1. The number of sulfonamides is 1. The number of anilines is 1. The van der Waals surface area contributed by atoms with Crippen LogP contribution in [0.1, 0.15) is 30.9 Å². The van der Waals surface area contributed by atoms with Gasteiger partial charge in [0.1, 0.15) is 6.54 Å². The first-order valence-corrected chi connectivity index (χ1v) is 11.9. The molecule has 0 fully saturated rings. The Morgan fingerprint density at radius 2 is 1.65 bits per heavy atom. The number of nitrogens with one attached hydrogen (secondary N) is 1. The number of nitrogens with zero attached hydrogens (tertiary/aromatic N) is 3. The standard InChI is InChI=1S/C24H24N4O5S/c1-18(2)20-10-14-21(15-11-20)27(34(32,33)23-6-4-3-5-7-23)17-24(29)26-25-16-19-8-12-22(13-9-19)28(30)31/h3-16,18H,17H2,1-2H3,(H,26,29)/b25-16-. The third-order valence-corrected chi connectivity index (χ3v) is 6.76. The molecular formula is C24H24N4O5S. The van der Waals surface area contributed by atoms with E-state index in [0.717, 1.165) is 9.87 Å². The number of carbonyl (C=O) groups is 1. The Labute approximate surface area is 197 Å². The van der Waals surface area contributed by atoms with Gasteiger partial charge in [-0.15, -0.1) is 0 Å². The summed E-state index contributed by atoms with van der Waals surface area (Å²) in [5, 5.41) is 14.6. The number of rotatable bonds is 9. The van der Waals surface area contributed by atoms with Crippen LogP contribution in [0.25, 0.3) is 0 Å². The summed E-state index contributed by atoms with van der Waals surface area (Å²) in [6.45, 7) is 3.57. The molecule has 3 aromatic rings. The molecule has 0 aliphatic rings. The molecule has 0 aromatic heterocycles. The SMILES string of the molecule is CC(C)c1ccc(N(CC(=O)N/N=C\c2ccc([N+](=O)[O-])cc2)S(=O)(=O)c2ccccc2)cc1. The molecule has 0 atom stereocenters. The zero-order chi connectivity index (χ0) is 24.7. The summed E-state index contributed by atoms with van der Waals surface area (Å²) in [7, 11) is -4.02. The lowest BCUT2D eigenvalue weighted by atomic mass is 10.0. The fraction of sp³-hybridized carbons (Fsp3) is 0.167. The fourth-order valence-electron chi connectivity index (χ4n) is 3.09. The Morgan fingerprint density at radius 3 is 2.21 bits per heavy atom. The van der Waals surface area contributed by atoms with Gasteiger partial charge in [0, 0.05) is 12.1 Å². The van der Waals surface area contributed by atoms with E-state index in [1.165, 1.54) is 42.6 Å². The van der Waals surface area contributed by atoms with E-state index in [1.807, 2.05) is 26.0 Å². The summed E-state index contributed by atoms with van der Waals surface area (Å²) in [5.41, 5.74) is 4.17. The predicted molar refractivity (Wildman–Crippen MR) is 130 cm³/mol. The number of amides is 1. The van der Waals surface area contributed by atoms with E-state index in [-0.39, 0.29) is 16.5 Å². The molecule has 176 valence electrons. The number of hydrogen-bond acceptors (Lipinski definition) is 6. The van der Waals surface area contributed by atoms with E-state index >= 15 is 0 Å². The minimum absolute atomic E-state index is 0.0603. The first-order valence-electron chi connectivity index (χ1n) is 10.4. The van der Waals surface area contributed by atoms with Gasteiger partial charge < -0.3 is 0 Å². The lowest BCUT2D eigenvalue weighted by Gasteiger charge is -2.24. The number of benzene rings is 3. The van der Waals surface area contributed by atoms with Crippen LogP contribution in [0.5, 0.6) is 0 Å². The molecule has 1 N–H and O–H groups in total. The number of carbonyl (C=O) groups excluding carboxylic acids is 1. The van der Waals surface area contributed by atoms with Crippen molar-refractivity contribution in [3.63, 3.8) is 0 Å². The molecule has 0 radical (unpaired) electrons. The van der Waals surface area contributed by atoms with E-state index in [4.69, 9.17) is 0 Å². The molecule has 10 heteroatoms. The topological polar surface area (TPSA) is 122 Å². The quantitative estimate of drug-likeness (QED) is 0.281. The molecule has 0 saturated heterocycles. The van der Waals surface area contributed by atoms with E-state index in [0.29, 0.717) is 11.3 Å². The van der Waals surface area contributed by atoms with Crippen molar-refractivity contribution in [1.82, 2.24) is 5.43 Å². The van der Waals surface area contributed by atoms with Gasteiger partial charge >= 0.3 is 0 Å². The van der Waals surface area contributed by atoms with Gasteiger partial charge in [0.05, 0.1) is 21.7 Å². The minimum atomic E-state index is -4.02. The Kier molecular flexibility index (Phi) is 7.75. The number of nitro benzene ring substituents is 1. The Hall–Kier alpha value is -4.05. The van der Waals surface area contributed by atoms with Crippen molar-refractivity contribution in [2.45, 2.75) is 24.7 Å². The van der Waals surface area contributed by atoms with Crippen LogP contribution in [-0.2, 0) is 14.8 Å². The van der Waals surface area contributed by atoms with Crippen molar-refractivity contribution < 1.29 is 18.1 Å². The van der Waals surface area contributed by atoms with Crippen molar-refractivity contribution >= 4 is 33.5 Å². The van der Waals surface area contributed by atoms with Crippen LogP contribution in [0, 0.1) is 10.1 Å². The first kappa shape index (κ1) is 24.6. The summed E-state index contributed by atoms with van der Waals surface area (Å²) in [6.07, 6.45) is 1.31. The third kappa shape index (κ3) is 6.04. The lowest BCUT2D eigenvalue weighted by molar-refractivity contribution is -0.384. The summed E-state index contributed by atoms with van der Waals surface area (Å²) in [4.78, 5) is 22.9. The van der Waals surface area contributed by atoms with Crippen molar-refractivity contribution in [2.75, 3.05) is 10.8 Å². The van der Waals surface area contributed by atoms with Crippen molar-refractivity contribution in [3.05, 3.63) is 100 Å². The number of nitro groups is 1. The lowest BCUT2D eigenvalue weighted by Crippen LogP contribution is -2.39. The van der Waals surface area contributed by atoms with E-state index < -0.39 is 27.4 Å². The molecule has 0 aliphatic heterocycles. The van der Waals surface area contributed by atoms with Gasteiger partial charge in [-0.2, -0.15) is 5.10 Å². The van der Waals surface area contributed by atoms with E-state index in [1.54, 1.807) is 30.3 Å². The molecule has 0 spiro atoms. The van der Waals surface area contributed by atoms with E-state index in [9.17, 15) is 23.3 Å². The van der Waals surface area contributed by atoms with Crippen molar-refractivity contribution in [1.29, 1.82) is 0 Å². The Morgan fingerprint density at radius 1 is 1.03 bits per heavy atom. The van der Waals surface area contributed by atoms with Gasteiger partial charge in [-0.25, -0.2) is 13.8 Å². The molecule has 0 saturated carbocycles. The molecule has 3 rings (SSSR count). The minimum Gasteiger partial charge on any atom is -0.271 e. The predicted octanol–water partition coefficient (Wildman–Crippen LogP) is 4.06. The molecule has 0 unspecified atom stereocenters. The molecule has 0 heterocycles. The zero-order valence-corrected chi connectivity index (χ0v) is 19.5. The first-order chi connectivity index (χ1) is 16.2. The van der Waals surface area contributed by atoms with Crippen LogP contribution in [0.3, 0.4) is 0 Å². The number of hydrazone groups is 1. The second kappa shape index (κ2) is 10.7. The van der Waals surface area contributed by atoms with Crippen LogP contribution in [0.15, 0.2) is 88.9 Å². The van der Waals surface area contributed by atoms with Crippen LogP contribution in [0.4, 0.5) is 11.4 Å². The zero-order valence-electron chi connectivity index (χ0n) is 18.7. The normalized spacial score (nSPS) is 11.5. The van der Waals surface area contributed by atoms with Crippen LogP contribution in [0.2, 0.25) is 0 Å². The molecule has 0 aliphatic carbocycles. The molecule has 34 heavy (non-hydrogen) atoms. The molecule has 1 amide bonds. The van der Waals surface area contributed by atoms with Crippen LogP contribution < -0.4 is 9.73 Å². The van der Waals surface area contributed by atoms with E-state index in [2.05, 4.69) is 10.5 Å².